The SMILES string of the molecule is CN1NCc2c(N3CCN(S(C)(=O)=O)C(C)(C)C3)cc(Cl)cc21. The normalized spacial score (nSPS) is 21.6. The van der Waals surface area contributed by atoms with Crippen molar-refractivity contribution in [3.8, 4) is 0 Å². The predicted octanol–water partition coefficient (Wildman–Crippen LogP) is 1.65. The number of benzene rings is 1. The largest absolute Gasteiger partial charge is 0.368 e. The van der Waals surface area contributed by atoms with E-state index in [1.165, 1.54) is 11.8 Å². The number of hydrogen-bond acceptors (Lipinski definition) is 5. The number of sulfonamides is 1. The molecule has 6 nitrogen and oxygen atoms in total. The smallest absolute Gasteiger partial charge is 0.211 e. The fourth-order valence-electron chi connectivity index (χ4n) is 3.61. The van der Waals surface area contributed by atoms with Crippen molar-refractivity contribution in [2.45, 2.75) is 25.9 Å². The molecule has 0 unspecified atom stereocenters. The third kappa shape index (κ3) is 3.03. The number of hydrazine groups is 1. The van der Waals surface area contributed by atoms with Crippen molar-refractivity contribution in [2.24, 2.45) is 0 Å². The maximum absolute atomic E-state index is 12.0. The van der Waals surface area contributed by atoms with Gasteiger partial charge >= 0.3 is 0 Å². The summed E-state index contributed by atoms with van der Waals surface area (Å²) in [7, 11) is -1.24. The van der Waals surface area contributed by atoms with Crippen LogP contribution in [0.5, 0.6) is 0 Å². The Balaban J connectivity index is 1.95. The zero-order valence-electron chi connectivity index (χ0n) is 13.9. The second-order valence-corrected chi connectivity index (χ2v) is 9.23. The first-order valence-electron chi connectivity index (χ1n) is 7.62. The van der Waals surface area contributed by atoms with Crippen molar-refractivity contribution in [3.63, 3.8) is 0 Å². The van der Waals surface area contributed by atoms with Crippen molar-refractivity contribution >= 4 is 33.0 Å². The molecule has 1 aromatic carbocycles. The first-order valence-corrected chi connectivity index (χ1v) is 9.85. The van der Waals surface area contributed by atoms with Gasteiger partial charge in [0.15, 0.2) is 0 Å². The van der Waals surface area contributed by atoms with Gasteiger partial charge in [-0.05, 0) is 26.0 Å². The highest BCUT2D eigenvalue weighted by atomic mass is 35.5. The summed E-state index contributed by atoms with van der Waals surface area (Å²) < 4.78 is 25.6. The van der Waals surface area contributed by atoms with Gasteiger partial charge in [-0.3, -0.25) is 0 Å². The molecule has 8 heteroatoms. The van der Waals surface area contributed by atoms with Crippen LogP contribution in [-0.4, -0.2) is 51.2 Å². The number of piperazine rings is 1. The molecule has 0 aromatic heterocycles. The molecule has 23 heavy (non-hydrogen) atoms. The van der Waals surface area contributed by atoms with Crippen LogP contribution in [0.1, 0.15) is 19.4 Å². The molecule has 0 amide bonds. The van der Waals surface area contributed by atoms with Gasteiger partial charge < -0.3 is 9.91 Å². The van der Waals surface area contributed by atoms with Crippen LogP contribution >= 0.6 is 11.6 Å². The molecular weight excluding hydrogens is 336 g/mol. The van der Waals surface area contributed by atoms with Gasteiger partial charge in [0.1, 0.15) is 0 Å². The molecule has 3 rings (SSSR count). The summed E-state index contributed by atoms with van der Waals surface area (Å²) in [5.74, 6) is 0. The van der Waals surface area contributed by atoms with E-state index < -0.39 is 15.6 Å². The van der Waals surface area contributed by atoms with Crippen LogP contribution in [0.2, 0.25) is 5.02 Å². The number of nitrogens with zero attached hydrogens (tertiary/aromatic N) is 3. The number of halogens is 1. The van der Waals surface area contributed by atoms with E-state index in [0.29, 0.717) is 24.7 Å². The summed E-state index contributed by atoms with van der Waals surface area (Å²) in [6, 6.07) is 3.94. The molecule has 1 fully saturated rings. The fourth-order valence-corrected chi connectivity index (χ4v) is 5.19. The number of fused-ring (bicyclic) bond motifs is 1. The van der Waals surface area contributed by atoms with Crippen molar-refractivity contribution < 1.29 is 8.42 Å². The Kier molecular flexibility index (Phi) is 4.03. The predicted molar refractivity (Wildman–Crippen MR) is 94.5 cm³/mol. The highest BCUT2D eigenvalue weighted by molar-refractivity contribution is 7.88. The van der Waals surface area contributed by atoms with Crippen LogP contribution in [0.3, 0.4) is 0 Å². The van der Waals surface area contributed by atoms with E-state index in [4.69, 9.17) is 11.6 Å². The Morgan fingerprint density at radius 2 is 1.87 bits per heavy atom. The summed E-state index contributed by atoms with van der Waals surface area (Å²) in [6.45, 7) is 6.47. The Morgan fingerprint density at radius 1 is 1.22 bits per heavy atom. The van der Waals surface area contributed by atoms with Gasteiger partial charge in [-0.15, -0.1) is 0 Å². The minimum atomic E-state index is -3.21. The lowest BCUT2D eigenvalue weighted by molar-refractivity contribution is 0.206. The molecule has 0 atom stereocenters. The standard InChI is InChI=1S/C15H23ClN4O2S/c1-15(2)10-19(5-6-20(15)23(4,21)22)14-8-11(16)7-13-12(14)9-17-18(13)3/h7-8,17H,5-6,9-10H2,1-4H3. The topological polar surface area (TPSA) is 55.9 Å². The second-order valence-electron chi connectivity index (χ2n) is 6.89. The van der Waals surface area contributed by atoms with Crippen molar-refractivity contribution in [2.75, 3.05) is 42.8 Å². The van der Waals surface area contributed by atoms with Crippen molar-refractivity contribution in [1.82, 2.24) is 9.73 Å². The summed E-state index contributed by atoms with van der Waals surface area (Å²) in [5, 5.41) is 2.67. The first-order chi connectivity index (χ1) is 10.6. The molecule has 0 radical (unpaired) electrons. The molecule has 2 aliphatic heterocycles. The molecule has 0 saturated carbocycles. The molecule has 2 heterocycles. The number of nitrogens with one attached hydrogen (secondary N) is 1. The third-order valence-electron chi connectivity index (χ3n) is 4.59. The van der Waals surface area contributed by atoms with Gasteiger partial charge in [0.2, 0.25) is 10.0 Å². The van der Waals surface area contributed by atoms with Crippen LogP contribution in [0.4, 0.5) is 11.4 Å². The third-order valence-corrected chi connectivity index (χ3v) is 6.28. The van der Waals surface area contributed by atoms with Gasteiger partial charge in [0.25, 0.3) is 0 Å². The summed E-state index contributed by atoms with van der Waals surface area (Å²) in [6.07, 6.45) is 1.28. The number of hydrogen-bond donors (Lipinski definition) is 1. The maximum Gasteiger partial charge on any atom is 0.211 e. The minimum absolute atomic E-state index is 0.459. The quantitative estimate of drug-likeness (QED) is 0.871. The van der Waals surface area contributed by atoms with Gasteiger partial charge in [0.05, 0.1) is 11.9 Å². The van der Waals surface area contributed by atoms with E-state index in [-0.39, 0.29) is 0 Å². The molecule has 1 saturated heterocycles. The average Bonchev–Trinajstić information content (AvgIpc) is 2.77. The Hall–Kier alpha value is -1.02. The highest BCUT2D eigenvalue weighted by Crippen LogP contribution is 2.38. The van der Waals surface area contributed by atoms with E-state index >= 15 is 0 Å². The van der Waals surface area contributed by atoms with Crippen LogP contribution in [0, 0.1) is 0 Å². The Labute approximate surface area is 143 Å². The molecule has 0 spiro atoms. The summed E-state index contributed by atoms with van der Waals surface area (Å²) in [5.41, 5.74) is 6.20. The second kappa shape index (κ2) is 5.51. The zero-order valence-corrected chi connectivity index (χ0v) is 15.5. The first kappa shape index (κ1) is 16.8. The van der Waals surface area contributed by atoms with Crippen LogP contribution in [0.15, 0.2) is 12.1 Å². The van der Waals surface area contributed by atoms with E-state index in [0.717, 1.165) is 17.9 Å². The van der Waals surface area contributed by atoms with E-state index in [1.54, 1.807) is 4.31 Å². The van der Waals surface area contributed by atoms with Gasteiger partial charge in [-0.1, -0.05) is 11.6 Å². The lowest BCUT2D eigenvalue weighted by Gasteiger charge is -2.46. The minimum Gasteiger partial charge on any atom is -0.368 e. The highest BCUT2D eigenvalue weighted by Gasteiger charge is 2.40. The van der Waals surface area contributed by atoms with Gasteiger partial charge in [0, 0.05) is 55.0 Å². The lowest BCUT2D eigenvalue weighted by Crippen LogP contribution is -2.61. The summed E-state index contributed by atoms with van der Waals surface area (Å²) >= 11 is 6.30. The Morgan fingerprint density at radius 3 is 2.48 bits per heavy atom. The van der Waals surface area contributed by atoms with Gasteiger partial charge in [-0.2, -0.15) is 4.31 Å². The number of anilines is 2. The maximum atomic E-state index is 12.0. The monoisotopic (exact) mass is 358 g/mol. The van der Waals surface area contributed by atoms with Crippen LogP contribution in [-0.2, 0) is 16.6 Å². The van der Waals surface area contributed by atoms with Crippen LogP contribution < -0.4 is 15.3 Å². The van der Waals surface area contributed by atoms with E-state index in [9.17, 15) is 8.42 Å². The van der Waals surface area contributed by atoms with E-state index in [1.807, 2.05) is 38.0 Å². The molecule has 1 N–H and O–H groups in total. The summed E-state index contributed by atoms with van der Waals surface area (Å²) in [4.78, 5) is 2.24. The molecule has 128 valence electrons. The molecule has 0 aliphatic carbocycles. The molecule has 1 aromatic rings. The van der Waals surface area contributed by atoms with Crippen LogP contribution in [0.25, 0.3) is 0 Å². The zero-order chi connectivity index (χ0) is 17.0. The number of rotatable bonds is 2. The fraction of sp³-hybridized carbons (Fsp3) is 0.600. The molecule has 0 bridgehead atoms. The average molecular weight is 359 g/mol. The molecule has 2 aliphatic rings. The van der Waals surface area contributed by atoms with Crippen molar-refractivity contribution in [1.29, 1.82) is 0 Å². The molecular formula is C15H23ClN4O2S. The van der Waals surface area contributed by atoms with E-state index in [2.05, 4.69) is 10.3 Å². The van der Waals surface area contributed by atoms with Crippen molar-refractivity contribution in [3.05, 3.63) is 22.7 Å². The lowest BCUT2D eigenvalue weighted by atomic mass is 10.00. The Bertz CT molecular complexity index is 735. The van der Waals surface area contributed by atoms with Gasteiger partial charge in [-0.25, -0.2) is 13.8 Å².